The minimum absolute atomic E-state index is 0.0206. The zero-order valence-corrected chi connectivity index (χ0v) is 18.1. The Kier molecular flexibility index (Phi) is 5.69. The van der Waals surface area contributed by atoms with Crippen molar-refractivity contribution in [2.45, 2.75) is 26.2 Å². The molecule has 0 spiro atoms. The van der Waals surface area contributed by atoms with E-state index in [0.717, 1.165) is 37.9 Å². The number of thiocarbonyl (C=S) groups is 1. The molecule has 2 aromatic rings. The molecule has 0 unspecified atom stereocenters. The molecule has 0 saturated carbocycles. The summed E-state index contributed by atoms with van der Waals surface area (Å²) >= 11 is 5.11. The number of hydrogen-bond acceptors (Lipinski definition) is 6. The van der Waals surface area contributed by atoms with Gasteiger partial charge in [-0.1, -0.05) is 12.1 Å². The van der Waals surface area contributed by atoms with Gasteiger partial charge >= 0.3 is 0 Å². The summed E-state index contributed by atoms with van der Waals surface area (Å²) in [5.41, 5.74) is 1.16. The standard InChI is InChI=1S/C22H23N5O3S/c1-3-9-27-21(30)16(19(28)24-22(27)31)13-15-18(25-10-5-4-6-11-25)23-17-14(2)8-7-12-26(17)20(15)29/h3,7-8,12-13H,1,4-6,9-11H2,2H3,(H,24,28,31). The summed E-state index contributed by atoms with van der Waals surface area (Å²) in [6, 6.07) is 3.66. The summed E-state index contributed by atoms with van der Waals surface area (Å²) in [5.74, 6) is -0.698. The number of nitrogens with zero attached hydrogens (tertiary/aromatic N) is 4. The van der Waals surface area contributed by atoms with E-state index in [0.29, 0.717) is 11.5 Å². The van der Waals surface area contributed by atoms with Crippen LogP contribution in [0.5, 0.6) is 0 Å². The lowest BCUT2D eigenvalue weighted by Gasteiger charge is -2.30. The van der Waals surface area contributed by atoms with Crippen molar-refractivity contribution in [3.05, 3.63) is 58.0 Å². The van der Waals surface area contributed by atoms with Crippen LogP contribution in [0.15, 0.2) is 41.4 Å². The van der Waals surface area contributed by atoms with Gasteiger partial charge in [0.25, 0.3) is 17.4 Å². The molecule has 0 aliphatic carbocycles. The van der Waals surface area contributed by atoms with Crippen LogP contribution in [0.4, 0.5) is 5.82 Å². The molecule has 2 fully saturated rings. The van der Waals surface area contributed by atoms with Crippen molar-refractivity contribution in [3.63, 3.8) is 0 Å². The van der Waals surface area contributed by atoms with Crippen LogP contribution in [0.25, 0.3) is 11.7 Å². The van der Waals surface area contributed by atoms with E-state index in [2.05, 4.69) is 16.8 Å². The Morgan fingerprint density at radius 1 is 1.23 bits per heavy atom. The Hall–Kier alpha value is -3.33. The van der Waals surface area contributed by atoms with E-state index < -0.39 is 11.8 Å². The molecule has 0 atom stereocenters. The van der Waals surface area contributed by atoms with Crippen LogP contribution in [0.1, 0.15) is 30.4 Å². The van der Waals surface area contributed by atoms with Gasteiger partial charge in [0, 0.05) is 25.8 Å². The highest BCUT2D eigenvalue weighted by atomic mass is 32.1. The maximum atomic E-state index is 13.5. The maximum Gasteiger partial charge on any atom is 0.267 e. The average molecular weight is 438 g/mol. The van der Waals surface area contributed by atoms with E-state index in [1.807, 2.05) is 13.0 Å². The van der Waals surface area contributed by atoms with Crippen molar-refractivity contribution in [1.29, 1.82) is 0 Å². The quantitative estimate of drug-likeness (QED) is 0.340. The number of carbonyl (C=O) groups excluding carboxylic acids is 2. The van der Waals surface area contributed by atoms with Gasteiger partial charge in [-0.3, -0.25) is 29.0 Å². The minimum Gasteiger partial charge on any atom is -0.356 e. The number of anilines is 1. The van der Waals surface area contributed by atoms with Crippen molar-refractivity contribution >= 4 is 46.7 Å². The molecule has 2 saturated heterocycles. The Balaban J connectivity index is 1.93. The fourth-order valence-corrected chi connectivity index (χ4v) is 4.16. The van der Waals surface area contributed by atoms with Crippen LogP contribution in [-0.2, 0) is 9.59 Å². The average Bonchev–Trinajstić information content (AvgIpc) is 2.76. The van der Waals surface area contributed by atoms with Gasteiger partial charge in [-0.05, 0) is 56.1 Å². The first kappa shape index (κ1) is 20.9. The molecule has 0 aromatic carbocycles. The van der Waals surface area contributed by atoms with Crippen molar-refractivity contribution < 1.29 is 9.59 Å². The highest BCUT2D eigenvalue weighted by molar-refractivity contribution is 7.80. The third kappa shape index (κ3) is 3.76. The molecule has 2 aliphatic rings. The van der Waals surface area contributed by atoms with Gasteiger partial charge in [-0.15, -0.1) is 6.58 Å². The molecule has 1 N–H and O–H groups in total. The second-order valence-corrected chi connectivity index (χ2v) is 8.00. The van der Waals surface area contributed by atoms with Crippen molar-refractivity contribution in [2.75, 3.05) is 24.5 Å². The first-order valence-corrected chi connectivity index (χ1v) is 10.6. The molecular formula is C22H23N5O3S. The van der Waals surface area contributed by atoms with Crippen LogP contribution >= 0.6 is 12.2 Å². The SMILES string of the molecule is C=CCN1C(=O)C(=Cc2c(N3CCCCC3)nc3c(C)cccn3c2=O)C(=O)NC1=S. The predicted octanol–water partition coefficient (Wildman–Crippen LogP) is 1.81. The number of fused-ring (bicyclic) bond motifs is 1. The predicted molar refractivity (Wildman–Crippen MR) is 123 cm³/mol. The van der Waals surface area contributed by atoms with E-state index >= 15 is 0 Å². The topological polar surface area (TPSA) is 87.0 Å². The number of pyridine rings is 1. The van der Waals surface area contributed by atoms with Crippen LogP contribution in [-0.4, -0.2) is 50.8 Å². The van der Waals surface area contributed by atoms with Gasteiger partial charge in [-0.25, -0.2) is 4.98 Å². The lowest BCUT2D eigenvalue weighted by molar-refractivity contribution is -0.128. The number of amides is 2. The molecule has 9 heteroatoms. The fourth-order valence-electron chi connectivity index (χ4n) is 3.91. The number of aryl methyl sites for hydroxylation is 1. The van der Waals surface area contributed by atoms with E-state index in [9.17, 15) is 14.4 Å². The summed E-state index contributed by atoms with van der Waals surface area (Å²) in [7, 11) is 0. The molecule has 0 radical (unpaired) electrons. The Morgan fingerprint density at radius 2 is 1.97 bits per heavy atom. The van der Waals surface area contributed by atoms with Gasteiger partial charge in [0.2, 0.25) is 0 Å². The summed E-state index contributed by atoms with van der Waals surface area (Å²) < 4.78 is 1.45. The van der Waals surface area contributed by atoms with Crippen molar-refractivity contribution in [1.82, 2.24) is 19.6 Å². The highest BCUT2D eigenvalue weighted by Crippen LogP contribution is 2.24. The first-order chi connectivity index (χ1) is 14.9. The molecule has 31 heavy (non-hydrogen) atoms. The third-order valence-corrected chi connectivity index (χ3v) is 5.83. The molecule has 160 valence electrons. The van der Waals surface area contributed by atoms with Crippen LogP contribution in [0.3, 0.4) is 0 Å². The minimum atomic E-state index is -0.631. The summed E-state index contributed by atoms with van der Waals surface area (Å²) in [4.78, 5) is 47.1. The summed E-state index contributed by atoms with van der Waals surface area (Å²) in [6.07, 6.45) is 7.61. The molecule has 2 aromatic heterocycles. The second kappa shape index (κ2) is 8.43. The van der Waals surface area contributed by atoms with E-state index in [4.69, 9.17) is 17.2 Å². The van der Waals surface area contributed by atoms with Crippen LogP contribution < -0.4 is 15.8 Å². The fraction of sp³-hybridized carbons (Fsp3) is 0.318. The normalized spacial score (nSPS) is 18.6. The number of rotatable bonds is 4. The van der Waals surface area contributed by atoms with E-state index in [1.54, 1.807) is 12.3 Å². The molecule has 2 amide bonds. The molecule has 8 nitrogen and oxygen atoms in total. The van der Waals surface area contributed by atoms with Crippen LogP contribution in [0, 0.1) is 6.92 Å². The van der Waals surface area contributed by atoms with E-state index in [-0.39, 0.29) is 28.4 Å². The number of aromatic nitrogens is 2. The van der Waals surface area contributed by atoms with Gasteiger partial charge in [0.1, 0.15) is 17.0 Å². The number of carbonyl (C=O) groups is 2. The second-order valence-electron chi connectivity index (χ2n) is 7.61. The summed E-state index contributed by atoms with van der Waals surface area (Å²) in [5, 5.41) is 2.54. The largest absolute Gasteiger partial charge is 0.356 e. The molecule has 4 rings (SSSR count). The highest BCUT2D eigenvalue weighted by Gasteiger charge is 2.33. The zero-order chi connectivity index (χ0) is 22.1. The van der Waals surface area contributed by atoms with Gasteiger partial charge in [0.05, 0.1) is 5.56 Å². The molecule has 0 bridgehead atoms. The zero-order valence-electron chi connectivity index (χ0n) is 17.3. The number of piperidine rings is 1. The molecule has 4 heterocycles. The molecular weight excluding hydrogens is 414 g/mol. The Bertz CT molecular complexity index is 1190. The van der Waals surface area contributed by atoms with Crippen molar-refractivity contribution in [2.24, 2.45) is 0 Å². The summed E-state index contributed by atoms with van der Waals surface area (Å²) in [6.45, 7) is 7.20. The van der Waals surface area contributed by atoms with Gasteiger partial charge in [-0.2, -0.15) is 0 Å². The lowest BCUT2D eigenvalue weighted by Crippen LogP contribution is -2.54. The number of hydrogen-bond donors (Lipinski definition) is 1. The molecule has 2 aliphatic heterocycles. The third-order valence-electron chi connectivity index (χ3n) is 5.51. The number of nitrogens with one attached hydrogen (secondary N) is 1. The van der Waals surface area contributed by atoms with Gasteiger partial charge < -0.3 is 4.90 Å². The maximum absolute atomic E-state index is 13.5. The Morgan fingerprint density at radius 3 is 2.68 bits per heavy atom. The Labute approximate surface area is 184 Å². The van der Waals surface area contributed by atoms with E-state index in [1.165, 1.54) is 21.5 Å². The van der Waals surface area contributed by atoms with Crippen molar-refractivity contribution in [3.8, 4) is 0 Å². The van der Waals surface area contributed by atoms with Gasteiger partial charge in [0.15, 0.2) is 5.11 Å². The lowest BCUT2D eigenvalue weighted by atomic mass is 10.1. The smallest absolute Gasteiger partial charge is 0.267 e. The van der Waals surface area contributed by atoms with Crippen LogP contribution in [0.2, 0.25) is 0 Å². The first-order valence-electron chi connectivity index (χ1n) is 10.2. The monoisotopic (exact) mass is 437 g/mol.